The zero-order chi connectivity index (χ0) is 16.4. The first-order chi connectivity index (χ1) is 11.1. The van der Waals surface area contributed by atoms with E-state index >= 15 is 0 Å². The number of benzene rings is 2. The summed E-state index contributed by atoms with van der Waals surface area (Å²) in [5.41, 5.74) is 7.73. The second kappa shape index (κ2) is 6.12. The summed E-state index contributed by atoms with van der Waals surface area (Å²) in [7, 11) is 0. The third kappa shape index (κ3) is 3.04. The van der Waals surface area contributed by atoms with E-state index in [-0.39, 0.29) is 18.6 Å². The summed E-state index contributed by atoms with van der Waals surface area (Å²) in [6, 6.07) is 14.5. The average Bonchev–Trinajstić information content (AvgIpc) is 2.88. The van der Waals surface area contributed by atoms with Crippen LogP contribution in [0.2, 0.25) is 0 Å². The van der Waals surface area contributed by atoms with Gasteiger partial charge in [0, 0.05) is 17.3 Å². The normalized spacial score (nSPS) is 16.0. The molecule has 0 saturated carbocycles. The summed E-state index contributed by atoms with van der Waals surface area (Å²) >= 11 is 0. The molecule has 0 fully saturated rings. The zero-order valence-electron chi connectivity index (χ0n) is 12.9. The first-order valence-electron chi connectivity index (χ1n) is 7.49. The number of ether oxygens (including phenoxy) is 1. The number of nitrogens with two attached hydrogens (primary N) is 1. The van der Waals surface area contributed by atoms with Crippen molar-refractivity contribution in [1.29, 1.82) is 0 Å². The molecule has 2 aromatic carbocycles. The highest BCUT2D eigenvalue weighted by molar-refractivity contribution is 5.97. The Hall–Kier alpha value is -2.82. The fourth-order valence-electron chi connectivity index (χ4n) is 2.88. The van der Waals surface area contributed by atoms with E-state index in [1.165, 1.54) is 5.56 Å². The maximum Gasteiger partial charge on any atom is 0.265 e. The second-order valence-corrected chi connectivity index (χ2v) is 5.62. The van der Waals surface area contributed by atoms with Crippen molar-refractivity contribution in [3.63, 3.8) is 0 Å². The minimum Gasteiger partial charge on any atom is -0.484 e. The van der Waals surface area contributed by atoms with Crippen molar-refractivity contribution in [3.8, 4) is 5.75 Å². The summed E-state index contributed by atoms with van der Waals surface area (Å²) in [5.74, 6) is -0.0416. The molecule has 5 heteroatoms. The summed E-state index contributed by atoms with van der Waals surface area (Å²) in [6.07, 6.45) is 0.856. The number of carbonyl (C=O) groups excluding carboxylic acids is 2. The highest BCUT2D eigenvalue weighted by Crippen LogP contribution is 2.31. The van der Waals surface area contributed by atoms with Gasteiger partial charge in [-0.05, 0) is 49.2 Å². The molecule has 1 aliphatic heterocycles. The van der Waals surface area contributed by atoms with Gasteiger partial charge in [0.15, 0.2) is 6.61 Å². The van der Waals surface area contributed by atoms with Gasteiger partial charge in [-0.3, -0.25) is 9.59 Å². The smallest absolute Gasteiger partial charge is 0.265 e. The Bertz CT molecular complexity index is 740. The van der Waals surface area contributed by atoms with Gasteiger partial charge in [-0.15, -0.1) is 0 Å². The lowest BCUT2D eigenvalue weighted by atomic mass is 10.1. The number of fused-ring (bicyclic) bond motifs is 1. The largest absolute Gasteiger partial charge is 0.484 e. The molecule has 2 N–H and O–H groups in total. The van der Waals surface area contributed by atoms with Gasteiger partial charge in [-0.1, -0.05) is 18.2 Å². The monoisotopic (exact) mass is 310 g/mol. The van der Waals surface area contributed by atoms with Gasteiger partial charge >= 0.3 is 0 Å². The molecule has 2 aromatic rings. The van der Waals surface area contributed by atoms with Gasteiger partial charge in [0.2, 0.25) is 5.91 Å². The van der Waals surface area contributed by atoms with Crippen LogP contribution in [0.3, 0.4) is 0 Å². The molecule has 23 heavy (non-hydrogen) atoms. The number of carbonyl (C=O) groups is 2. The van der Waals surface area contributed by atoms with Crippen LogP contribution in [0, 0.1) is 0 Å². The molecule has 1 heterocycles. The molecule has 0 aromatic heterocycles. The number of para-hydroxylation sites is 1. The third-order valence-corrected chi connectivity index (χ3v) is 3.98. The molecular formula is C18H18N2O3. The van der Waals surface area contributed by atoms with Crippen LogP contribution < -0.4 is 15.4 Å². The van der Waals surface area contributed by atoms with Crippen LogP contribution in [-0.4, -0.2) is 24.5 Å². The molecule has 0 spiro atoms. The number of primary amides is 1. The highest BCUT2D eigenvalue weighted by Gasteiger charge is 2.30. The van der Waals surface area contributed by atoms with Crippen LogP contribution in [0.15, 0.2) is 48.5 Å². The Morgan fingerprint density at radius 2 is 1.87 bits per heavy atom. The molecule has 5 nitrogen and oxygen atoms in total. The SMILES string of the molecule is C[C@H]1Cc2ccccc2N1C(=O)COc1ccc(C(N)=O)cc1. The summed E-state index contributed by atoms with van der Waals surface area (Å²) in [5, 5.41) is 0. The molecule has 1 aliphatic rings. The molecule has 3 rings (SSSR count). The van der Waals surface area contributed by atoms with Crippen LogP contribution in [0.25, 0.3) is 0 Å². The number of amides is 2. The van der Waals surface area contributed by atoms with Crippen molar-refractivity contribution < 1.29 is 14.3 Å². The molecule has 0 radical (unpaired) electrons. The third-order valence-electron chi connectivity index (χ3n) is 3.98. The van der Waals surface area contributed by atoms with Crippen molar-refractivity contribution >= 4 is 17.5 Å². The summed E-state index contributed by atoms with van der Waals surface area (Å²) < 4.78 is 5.53. The van der Waals surface area contributed by atoms with Crippen molar-refractivity contribution in [2.45, 2.75) is 19.4 Å². The molecule has 118 valence electrons. The Morgan fingerprint density at radius 3 is 2.57 bits per heavy atom. The van der Waals surface area contributed by atoms with Crippen LogP contribution >= 0.6 is 0 Å². The lowest BCUT2D eigenvalue weighted by molar-refractivity contribution is -0.120. The van der Waals surface area contributed by atoms with Crippen molar-refractivity contribution in [2.75, 3.05) is 11.5 Å². The van der Waals surface area contributed by atoms with Crippen LogP contribution in [-0.2, 0) is 11.2 Å². The first-order valence-corrected chi connectivity index (χ1v) is 7.49. The van der Waals surface area contributed by atoms with E-state index in [9.17, 15) is 9.59 Å². The van der Waals surface area contributed by atoms with E-state index in [2.05, 4.69) is 0 Å². The quantitative estimate of drug-likeness (QED) is 0.940. The minimum absolute atomic E-state index is 0.0470. The number of hydrogen-bond acceptors (Lipinski definition) is 3. The van der Waals surface area contributed by atoms with Gasteiger partial charge < -0.3 is 15.4 Å². The molecule has 0 aliphatic carbocycles. The zero-order valence-corrected chi connectivity index (χ0v) is 12.9. The van der Waals surface area contributed by atoms with Crippen molar-refractivity contribution in [3.05, 3.63) is 59.7 Å². The van der Waals surface area contributed by atoms with E-state index in [1.54, 1.807) is 29.2 Å². The average molecular weight is 310 g/mol. The molecule has 1 atom stereocenters. The Labute approximate surface area is 134 Å². The Kier molecular flexibility index (Phi) is 4.02. The standard InChI is InChI=1S/C18H18N2O3/c1-12-10-14-4-2-3-5-16(14)20(12)17(21)11-23-15-8-6-13(7-9-15)18(19)22/h2-9,12H,10-11H2,1H3,(H2,19,22)/t12-/m0/s1. The molecular weight excluding hydrogens is 292 g/mol. The van der Waals surface area contributed by atoms with E-state index in [0.717, 1.165) is 12.1 Å². The van der Waals surface area contributed by atoms with Crippen LogP contribution in [0.5, 0.6) is 5.75 Å². The predicted octanol–water partition coefficient (Wildman–Crippen LogP) is 2.14. The fraction of sp³-hybridized carbons (Fsp3) is 0.222. The molecule has 0 bridgehead atoms. The summed E-state index contributed by atoms with van der Waals surface area (Å²) in [6.45, 7) is 1.98. The van der Waals surface area contributed by atoms with Gasteiger partial charge in [-0.25, -0.2) is 0 Å². The topological polar surface area (TPSA) is 72.6 Å². The molecule has 2 amide bonds. The van der Waals surface area contributed by atoms with Crippen LogP contribution in [0.1, 0.15) is 22.8 Å². The minimum atomic E-state index is -0.491. The lowest BCUT2D eigenvalue weighted by Gasteiger charge is -2.22. The predicted molar refractivity (Wildman–Crippen MR) is 87.5 cm³/mol. The van der Waals surface area contributed by atoms with Crippen LogP contribution in [0.4, 0.5) is 5.69 Å². The van der Waals surface area contributed by atoms with E-state index in [0.29, 0.717) is 11.3 Å². The van der Waals surface area contributed by atoms with Gasteiger partial charge in [0.1, 0.15) is 5.75 Å². The maximum absolute atomic E-state index is 12.5. The second-order valence-electron chi connectivity index (χ2n) is 5.62. The number of hydrogen-bond donors (Lipinski definition) is 1. The number of nitrogens with zero attached hydrogens (tertiary/aromatic N) is 1. The fourth-order valence-corrected chi connectivity index (χ4v) is 2.88. The summed E-state index contributed by atoms with van der Waals surface area (Å²) in [4.78, 5) is 25.3. The van der Waals surface area contributed by atoms with Gasteiger partial charge in [0.25, 0.3) is 5.91 Å². The van der Waals surface area contributed by atoms with E-state index < -0.39 is 5.91 Å². The van der Waals surface area contributed by atoms with Gasteiger partial charge in [-0.2, -0.15) is 0 Å². The Morgan fingerprint density at radius 1 is 1.17 bits per heavy atom. The van der Waals surface area contributed by atoms with E-state index in [4.69, 9.17) is 10.5 Å². The first kappa shape index (κ1) is 15.1. The number of anilines is 1. The Balaban J connectivity index is 1.67. The molecule has 0 unspecified atom stereocenters. The maximum atomic E-state index is 12.5. The molecule has 0 saturated heterocycles. The van der Waals surface area contributed by atoms with Crippen molar-refractivity contribution in [2.24, 2.45) is 5.73 Å². The number of rotatable bonds is 4. The lowest BCUT2D eigenvalue weighted by Crippen LogP contribution is -2.39. The van der Waals surface area contributed by atoms with E-state index in [1.807, 2.05) is 31.2 Å². The highest BCUT2D eigenvalue weighted by atomic mass is 16.5. The van der Waals surface area contributed by atoms with Crippen molar-refractivity contribution in [1.82, 2.24) is 0 Å². The van der Waals surface area contributed by atoms with Gasteiger partial charge in [0.05, 0.1) is 0 Å².